The maximum absolute atomic E-state index is 12.2. The van der Waals surface area contributed by atoms with E-state index < -0.39 is 0 Å². The van der Waals surface area contributed by atoms with E-state index in [2.05, 4.69) is 18.3 Å². The van der Waals surface area contributed by atoms with Gasteiger partial charge in [0.05, 0.1) is 13.2 Å². The van der Waals surface area contributed by atoms with Crippen LogP contribution in [0.15, 0.2) is 24.3 Å². The van der Waals surface area contributed by atoms with Crippen molar-refractivity contribution in [2.75, 3.05) is 26.7 Å². The molecule has 1 atom stereocenters. The number of nitrogens with one attached hydrogen (secondary N) is 1. The Morgan fingerprint density at radius 1 is 1.29 bits per heavy atom. The number of hydrogen-bond donors (Lipinski definition) is 1. The number of para-hydroxylation sites is 1. The molecule has 116 valence electrons. The molecule has 1 aliphatic rings. The van der Waals surface area contributed by atoms with E-state index in [4.69, 9.17) is 4.74 Å². The topological polar surface area (TPSA) is 41.6 Å². The van der Waals surface area contributed by atoms with Crippen molar-refractivity contribution in [3.63, 3.8) is 0 Å². The molecule has 1 amide bonds. The molecular formula is C17H26N2O2. The smallest absolute Gasteiger partial charge is 0.222 e. The molecule has 1 fully saturated rings. The van der Waals surface area contributed by atoms with E-state index in [9.17, 15) is 4.79 Å². The second kappa shape index (κ2) is 8.03. The lowest BCUT2D eigenvalue weighted by atomic mass is 10.0. The average molecular weight is 290 g/mol. The molecule has 0 spiro atoms. The first-order valence-corrected chi connectivity index (χ1v) is 7.90. The normalized spacial score (nSPS) is 17.4. The summed E-state index contributed by atoms with van der Waals surface area (Å²) in [5.41, 5.74) is 1.12. The summed E-state index contributed by atoms with van der Waals surface area (Å²) >= 11 is 0. The third-order valence-corrected chi connectivity index (χ3v) is 4.04. The number of nitrogens with zero attached hydrogens (tertiary/aromatic N) is 1. The summed E-state index contributed by atoms with van der Waals surface area (Å²) in [7, 11) is 1.69. The molecule has 1 aromatic carbocycles. The fourth-order valence-electron chi connectivity index (χ4n) is 2.93. The molecule has 0 saturated carbocycles. The minimum absolute atomic E-state index is 0.119. The van der Waals surface area contributed by atoms with Gasteiger partial charge in [0.2, 0.25) is 5.91 Å². The van der Waals surface area contributed by atoms with Crippen molar-refractivity contribution in [3.05, 3.63) is 29.8 Å². The zero-order chi connectivity index (χ0) is 15.1. The second-order valence-electron chi connectivity index (χ2n) is 5.50. The third-order valence-electron chi connectivity index (χ3n) is 4.04. The minimum atomic E-state index is 0.119. The van der Waals surface area contributed by atoms with Gasteiger partial charge < -0.3 is 15.0 Å². The number of carbonyl (C=O) groups is 1. The van der Waals surface area contributed by atoms with Crippen LogP contribution in [-0.4, -0.2) is 37.6 Å². The molecule has 0 bridgehead atoms. The largest absolute Gasteiger partial charge is 0.496 e. The van der Waals surface area contributed by atoms with Crippen molar-refractivity contribution in [2.45, 2.75) is 38.6 Å². The summed E-state index contributed by atoms with van der Waals surface area (Å²) in [6, 6.07) is 8.17. The zero-order valence-electron chi connectivity index (χ0n) is 13.1. The van der Waals surface area contributed by atoms with Crippen molar-refractivity contribution in [1.29, 1.82) is 0 Å². The number of carbonyl (C=O) groups excluding carboxylic acids is 1. The highest BCUT2D eigenvalue weighted by Gasteiger charge is 2.22. The summed E-state index contributed by atoms with van der Waals surface area (Å²) in [6.07, 6.45) is 3.97. The van der Waals surface area contributed by atoms with E-state index >= 15 is 0 Å². The van der Waals surface area contributed by atoms with Gasteiger partial charge in [-0.15, -0.1) is 0 Å². The van der Waals surface area contributed by atoms with E-state index in [1.807, 2.05) is 23.1 Å². The lowest BCUT2D eigenvalue weighted by Gasteiger charge is -2.28. The number of rotatable bonds is 6. The van der Waals surface area contributed by atoms with Crippen LogP contribution in [0.4, 0.5) is 0 Å². The van der Waals surface area contributed by atoms with Crippen LogP contribution in [-0.2, 0) is 4.79 Å². The van der Waals surface area contributed by atoms with Crippen LogP contribution >= 0.6 is 0 Å². The number of benzene rings is 1. The van der Waals surface area contributed by atoms with Crippen molar-refractivity contribution in [2.24, 2.45) is 0 Å². The summed E-state index contributed by atoms with van der Waals surface area (Å²) < 4.78 is 5.47. The summed E-state index contributed by atoms with van der Waals surface area (Å²) in [4.78, 5) is 14.2. The SMILES string of the molecule is CCNC(CN1CCCCCC1=O)c1ccccc1OC. The van der Waals surface area contributed by atoms with Gasteiger partial charge in [-0.25, -0.2) is 0 Å². The number of methoxy groups -OCH3 is 1. The predicted molar refractivity (Wildman–Crippen MR) is 84.5 cm³/mol. The van der Waals surface area contributed by atoms with Crippen LogP contribution in [0.25, 0.3) is 0 Å². The Morgan fingerprint density at radius 3 is 2.86 bits per heavy atom. The van der Waals surface area contributed by atoms with Gasteiger partial charge in [-0.3, -0.25) is 4.79 Å². The first-order valence-electron chi connectivity index (χ1n) is 7.90. The van der Waals surface area contributed by atoms with Gasteiger partial charge in [0, 0.05) is 25.1 Å². The first-order chi connectivity index (χ1) is 10.3. The molecule has 21 heavy (non-hydrogen) atoms. The fourth-order valence-corrected chi connectivity index (χ4v) is 2.93. The van der Waals surface area contributed by atoms with E-state index in [-0.39, 0.29) is 11.9 Å². The van der Waals surface area contributed by atoms with Gasteiger partial charge >= 0.3 is 0 Å². The molecule has 1 saturated heterocycles. The molecule has 0 aromatic heterocycles. The van der Waals surface area contributed by atoms with E-state index in [1.165, 1.54) is 0 Å². The van der Waals surface area contributed by atoms with Crippen molar-refractivity contribution >= 4 is 5.91 Å². The molecule has 2 rings (SSSR count). The van der Waals surface area contributed by atoms with E-state index in [1.54, 1.807) is 7.11 Å². The molecule has 1 unspecified atom stereocenters. The maximum atomic E-state index is 12.2. The van der Waals surface area contributed by atoms with Gasteiger partial charge in [-0.05, 0) is 25.5 Å². The number of likely N-dealkylation sites (tertiary alicyclic amines) is 1. The predicted octanol–water partition coefficient (Wildman–Crippen LogP) is 2.75. The van der Waals surface area contributed by atoms with Gasteiger partial charge in [-0.1, -0.05) is 31.5 Å². The molecule has 0 aliphatic carbocycles. The van der Waals surface area contributed by atoms with Crippen LogP contribution in [0.3, 0.4) is 0 Å². The van der Waals surface area contributed by atoms with Crippen molar-refractivity contribution < 1.29 is 9.53 Å². The Labute approximate surface area is 127 Å². The van der Waals surface area contributed by atoms with Gasteiger partial charge in [0.15, 0.2) is 0 Å². The average Bonchev–Trinajstić information content (AvgIpc) is 2.71. The Morgan fingerprint density at radius 2 is 2.10 bits per heavy atom. The van der Waals surface area contributed by atoms with Crippen LogP contribution < -0.4 is 10.1 Å². The number of ether oxygens (including phenoxy) is 1. The maximum Gasteiger partial charge on any atom is 0.222 e. The summed E-state index contributed by atoms with van der Waals surface area (Å²) in [5, 5.41) is 3.49. The fraction of sp³-hybridized carbons (Fsp3) is 0.588. The van der Waals surface area contributed by atoms with Crippen LogP contribution in [0.1, 0.15) is 44.2 Å². The molecule has 1 aliphatic heterocycles. The lowest BCUT2D eigenvalue weighted by Crippen LogP contribution is -2.39. The van der Waals surface area contributed by atoms with Gasteiger partial charge in [-0.2, -0.15) is 0 Å². The quantitative estimate of drug-likeness (QED) is 0.876. The molecule has 1 heterocycles. The Kier molecular flexibility index (Phi) is 6.05. The van der Waals surface area contributed by atoms with Crippen molar-refractivity contribution in [1.82, 2.24) is 10.2 Å². The molecule has 4 heteroatoms. The van der Waals surface area contributed by atoms with Crippen molar-refractivity contribution in [3.8, 4) is 5.75 Å². The standard InChI is InChI=1S/C17H26N2O2/c1-3-18-15(14-9-6-7-10-16(14)21-2)13-19-12-8-4-5-11-17(19)20/h6-7,9-10,15,18H,3-5,8,11-13H2,1-2H3. The Hall–Kier alpha value is -1.55. The second-order valence-corrected chi connectivity index (χ2v) is 5.50. The van der Waals surface area contributed by atoms with Crippen LogP contribution in [0, 0.1) is 0 Å². The number of likely N-dealkylation sites (N-methyl/N-ethyl adjacent to an activating group) is 1. The van der Waals surface area contributed by atoms with E-state index in [0.717, 1.165) is 43.7 Å². The van der Waals surface area contributed by atoms with Gasteiger partial charge in [0.1, 0.15) is 5.75 Å². The zero-order valence-corrected chi connectivity index (χ0v) is 13.1. The third kappa shape index (κ3) is 4.21. The Bertz CT molecular complexity index is 462. The summed E-state index contributed by atoms with van der Waals surface area (Å²) in [6.45, 7) is 4.54. The highest BCUT2D eigenvalue weighted by molar-refractivity contribution is 5.76. The molecule has 0 radical (unpaired) electrons. The molecule has 1 aromatic rings. The highest BCUT2D eigenvalue weighted by atomic mass is 16.5. The molecule has 1 N–H and O–H groups in total. The number of hydrogen-bond acceptors (Lipinski definition) is 3. The van der Waals surface area contributed by atoms with Crippen LogP contribution in [0.2, 0.25) is 0 Å². The van der Waals surface area contributed by atoms with Gasteiger partial charge in [0.25, 0.3) is 0 Å². The summed E-state index contributed by atoms with van der Waals surface area (Å²) in [5.74, 6) is 1.16. The monoisotopic (exact) mass is 290 g/mol. The highest BCUT2D eigenvalue weighted by Crippen LogP contribution is 2.26. The molecule has 4 nitrogen and oxygen atoms in total. The first kappa shape index (κ1) is 15.8. The lowest BCUT2D eigenvalue weighted by molar-refractivity contribution is -0.131. The number of amides is 1. The Balaban J connectivity index is 2.16. The van der Waals surface area contributed by atoms with E-state index in [0.29, 0.717) is 13.0 Å². The minimum Gasteiger partial charge on any atom is -0.496 e. The van der Waals surface area contributed by atoms with Crippen LogP contribution in [0.5, 0.6) is 5.75 Å². The molecular weight excluding hydrogens is 264 g/mol.